The van der Waals surface area contributed by atoms with Gasteiger partial charge in [0.15, 0.2) is 0 Å². The second-order valence-electron chi connectivity index (χ2n) is 6.42. The van der Waals surface area contributed by atoms with Gasteiger partial charge in [-0.25, -0.2) is 0 Å². The highest BCUT2D eigenvalue weighted by molar-refractivity contribution is 8.18. The van der Waals surface area contributed by atoms with Crippen molar-refractivity contribution in [2.24, 2.45) is 0 Å². The van der Waals surface area contributed by atoms with Crippen molar-refractivity contribution in [3.8, 4) is 0 Å². The van der Waals surface area contributed by atoms with E-state index in [4.69, 9.17) is 0 Å². The number of hydrogen-bond acceptors (Lipinski definition) is 2. The van der Waals surface area contributed by atoms with E-state index in [1.54, 1.807) is 10.8 Å². The van der Waals surface area contributed by atoms with Gasteiger partial charge in [-0.3, -0.25) is 0 Å². The molecule has 2 rings (SSSR count). The van der Waals surface area contributed by atoms with Gasteiger partial charge in [-0.1, -0.05) is 56.8 Å². The first kappa shape index (κ1) is 15.5. The smallest absolute Gasteiger partial charge is 0.0885 e. The predicted octanol–water partition coefficient (Wildman–Crippen LogP) is 4.86. The second kappa shape index (κ2) is 5.86. The van der Waals surface area contributed by atoms with Crippen molar-refractivity contribution in [3.05, 3.63) is 29.8 Å². The topological polar surface area (TPSA) is 0 Å². The molecule has 0 N–H and O–H groups in total. The lowest BCUT2D eigenvalue weighted by Crippen LogP contribution is -2.41. The molecule has 1 aromatic rings. The van der Waals surface area contributed by atoms with Gasteiger partial charge in [0, 0.05) is 0 Å². The van der Waals surface area contributed by atoms with Crippen molar-refractivity contribution >= 4 is 37.5 Å². The predicted molar refractivity (Wildman–Crippen MR) is 94.3 cm³/mol. The normalized spacial score (nSPS) is 19.7. The lowest BCUT2D eigenvalue weighted by atomic mass is 10.1. The fraction of sp³-hybridized carbons (Fsp3) is 0.625. The largest absolute Gasteiger partial charge is 0.140 e. The zero-order valence-corrected chi connectivity index (χ0v) is 15.4. The van der Waals surface area contributed by atoms with Gasteiger partial charge >= 0.3 is 0 Å². The van der Waals surface area contributed by atoms with Crippen molar-refractivity contribution in [1.29, 1.82) is 0 Å². The maximum absolute atomic E-state index is 2.48. The Bertz CT molecular complexity index is 431. The van der Waals surface area contributed by atoms with Gasteiger partial charge < -0.3 is 0 Å². The minimum atomic E-state index is -0.525. The molecule has 1 radical (unpaired) electrons. The lowest BCUT2D eigenvalue weighted by Gasteiger charge is -2.37. The van der Waals surface area contributed by atoms with E-state index in [0.29, 0.717) is 5.04 Å². The Hall–Kier alpha value is 0.137. The number of rotatable bonds is 2. The van der Waals surface area contributed by atoms with Gasteiger partial charge in [-0.15, -0.1) is 23.5 Å². The van der Waals surface area contributed by atoms with E-state index >= 15 is 0 Å². The standard InChI is InChI=1S/C16H25S2Si/c1-15(2,3)19(5)14-10-7-6-9-13(14)16(4)17-11-8-12-18-16/h6-7,9-10H,8,11-12H2,1-5H3. The van der Waals surface area contributed by atoms with Crippen molar-refractivity contribution in [3.63, 3.8) is 0 Å². The summed E-state index contributed by atoms with van der Waals surface area (Å²) in [6.07, 6.45) is 1.36. The van der Waals surface area contributed by atoms with Crippen LogP contribution in [0.5, 0.6) is 0 Å². The van der Waals surface area contributed by atoms with E-state index in [2.05, 4.69) is 82.0 Å². The van der Waals surface area contributed by atoms with Crippen LogP contribution in [0.2, 0.25) is 11.6 Å². The number of benzene rings is 1. The molecular weight excluding hydrogens is 284 g/mol. The van der Waals surface area contributed by atoms with Crippen LogP contribution in [0.15, 0.2) is 24.3 Å². The summed E-state index contributed by atoms with van der Waals surface area (Å²) < 4.78 is 0.270. The molecule has 1 aliphatic rings. The molecule has 1 aromatic carbocycles. The summed E-state index contributed by atoms with van der Waals surface area (Å²) in [6, 6.07) is 9.20. The first-order valence-electron chi connectivity index (χ1n) is 7.06. The van der Waals surface area contributed by atoms with Crippen LogP contribution >= 0.6 is 23.5 Å². The summed E-state index contributed by atoms with van der Waals surface area (Å²) in [4.78, 5) is 0. The molecule has 0 atom stereocenters. The minimum absolute atomic E-state index is 0.270. The first-order valence-corrected chi connectivity index (χ1v) is 11.0. The van der Waals surface area contributed by atoms with Crippen LogP contribution in [0.1, 0.15) is 39.7 Å². The highest BCUT2D eigenvalue weighted by atomic mass is 32.2. The first-order chi connectivity index (χ1) is 8.84. The van der Waals surface area contributed by atoms with E-state index < -0.39 is 8.80 Å². The van der Waals surface area contributed by atoms with Crippen molar-refractivity contribution in [2.45, 2.75) is 49.8 Å². The molecule has 0 saturated carbocycles. The van der Waals surface area contributed by atoms with E-state index in [1.165, 1.54) is 17.9 Å². The summed E-state index contributed by atoms with van der Waals surface area (Å²) in [6.45, 7) is 12.1. The fourth-order valence-electron chi connectivity index (χ4n) is 2.40. The zero-order valence-electron chi connectivity index (χ0n) is 12.7. The Kier molecular flexibility index (Phi) is 4.79. The van der Waals surface area contributed by atoms with Gasteiger partial charge in [0.25, 0.3) is 0 Å². The molecule has 1 fully saturated rings. The van der Waals surface area contributed by atoms with E-state index in [0.717, 1.165) is 0 Å². The van der Waals surface area contributed by atoms with Crippen LogP contribution in [0.4, 0.5) is 0 Å². The monoisotopic (exact) mass is 309 g/mol. The summed E-state index contributed by atoms with van der Waals surface area (Å²) in [5, 5.41) is 2.06. The highest BCUT2D eigenvalue weighted by Crippen LogP contribution is 2.49. The zero-order chi connectivity index (χ0) is 14.1. The van der Waals surface area contributed by atoms with Gasteiger partial charge in [0.2, 0.25) is 0 Å². The summed E-state index contributed by atoms with van der Waals surface area (Å²) in [5.74, 6) is 2.61. The quantitative estimate of drug-likeness (QED) is 0.715. The third-order valence-corrected chi connectivity index (χ3v) is 10.7. The number of hydrogen-bond donors (Lipinski definition) is 0. The Morgan fingerprint density at radius 2 is 1.68 bits per heavy atom. The fourth-order valence-corrected chi connectivity index (χ4v) is 7.51. The average molecular weight is 310 g/mol. The Morgan fingerprint density at radius 3 is 2.26 bits per heavy atom. The molecule has 0 aliphatic carbocycles. The van der Waals surface area contributed by atoms with Gasteiger partial charge in [-0.2, -0.15) is 0 Å². The lowest BCUT2D eigenvalue weighted by molar-refractivity contribution is 0.745. The van der Waals surface area contributed by atoms with Crippen molar-refractivity contribution in [2.75, 3.05) is 11.5 Å². The number of thioether (sulfide) groups is 2. The van der Waals surface area contributed by atoms with E-state index in [-0.39, 0.29) is 4.08 Å². The van der Waals surface area contributed by atoms with Crippen LogP contribution in [-0.2, 0) is 4.08 Å². The van der Waals surface area contributed by atoms with Gasteiger partial charge in [-0.05, 0) is 35.5 Å². The molecule has 105 valence electrons. The molecule has 1 aliphatic heterocycles. The molecule has 0 bridgehead atoms. The maximum Gasteiger partial charge on any atom is 0.0885 e. The van der Waals surface area contributed by atoms with Gasteiger partial charge in [0.1, 0.15) is 0 Å². The average Bonchev–Trinajstić information content (AvgIpc) is 2.38. The Labute approximate surface area is 128 Å². The van der Waals surface area contributed by atoms with Crippen LogP contribution in [0, 0.1) is 0 Å². The van der Waals surface area contributed by atoms with Crippen LogP contribution < -0.4 is 5.19 Å². The third-order valence-electron chi connectivity index (χ3n) is 3.99. The molecule has 0 unspecified atom stereocenters. The minimum Gasteiger partial charge on any atom is -0.140 e. The Morgan fingerprint density at radius 1 is 1.11 bits per heavy atom. The van der Waals surface area contributed by atoms with Crippen LogP contribution in [-0.4, -0.2) is 20.3 Å². The molecule has 0 spiro atoms. The summed E-state index contributed by atoms with van der Waals surface area (Å²) in [5.41, 5.74) is 1.59. The van der Waals surface area contributed by atoms with Crippen molar-refractivity contribution in [1.82, 2.24) is 0 Å². The summed E-state index contributed by atoms with van der Waals surface area (Å²) >= 11 is 4.28. The molecule has 0 aromatic heterocycles. The molecule has 3 heteroatoms. The van der Waals surface area contributed by atoms with E-state index in [9.17, 15) is 0 Å². The molecule has 1 heterocycles. The molecular formula is C16H25S2Si. The summed E-state index contributed by atoms with van der Waals surface area (Å²) in [7, 11) is -0.525. The maximum atomic E-state index is 2.48. The second-order valence-corrected chi connectivity index (χ2v) is 13.0. The van der Waals surface area contributed by atoms with Gasteiger partial charge in [0.05, 0.1) is 12.9 Å². The Balaban J connectivity index is 2.41. The van der Waals surface area contributed by atoms with Crippen LogP contribution in [0.3, 0.4) is 0 Å². The molecule has 0 nitrogen and oxygen atoms in total. The van der Waals surface area contributed by atoms with E-state index in [1.807, 2.05) is 0 Å². The van der Waals surface area contributed by atoms with Crippen LogP contribution in [0.25, 0.3) is 0 Å². The molecule has 1 saturated heterocycles. The SMILES string of the molecule is C[Si](c1ccccc1C1(C)SCCCS1)C(C)(C)C. The molecule has 0 amide bonds. The van der Waals surface area contributed by atoms with Crippen molar-refractivity contribution < 1.29 is 0 Å². The molecule has 19 heavy (non-hydrogen) atoms. The third kappa shape index (κ3) is 3.42. The highest BCUT2D eigenvalue weighted by Gasteiger charge is 2.35.